The van der Waals surface area contributed by atoms with E-state index >= 15 is 0 Å². The Labute approximate surface area is 100 Å². The third-order valence-corrected chi connectivity index (χ3v) is 1.93. The summed E-state index contributed by atoms with van der Waals surface area (Å²) in [6.45, 7) is 5.29. The largest absolute Gasteiger partial charge is 0.472 e. The highest BCUT2D eigenvalue weighted by molar-refractivity contribution is 5.98. The van der Waals surface area contributed by atoms with Crippen LogP contribution in [0.15, 0.2) is 23.0 Å². The summed E-state index contributed by atoms with van der Waals surface area (Å²) >= 11 is 0. The number of ether oxygens (including phenoxy) is 1. The predicted octanol–water partition coefficient (Wildman–Crippen LogP) is 2.33. The van der Waals surface area contributed by atoms with E-state index in [0.29, 0.717) is 5.56 Å². The van der Waals surface area contributed by atoms with Crippen molar-refractivity contribution in [3.05, 3.63) is 24.2 Å². The minimum Gasteiger partial charge on any atom is -0.472 e. The number of nitrogens with zero attached hydrogens (tertiary/aromatic N) is 1. The van der Waals surface area contributed by atoms with Crippen LogP contribution < -0.4 is 0 Å². The molecule has 5 nitrogen and oxygen atoms in total. The molecule has 0 saturated heterocycles. The van der Waals surface area contributed by atoms with Crippen molar-refractivity contribution >= 4 is 11.9 Å². The van der Waals surface area contributed by atoms with Crippen molar-refractivity contribution in [2.24, 2.45) is 0 Å². The van der Waals surface area contributed by atoms with Crippen molar-refractivity contribution in [1.82, 2.24) is 4.90 Å². The van der Waals surface area contributed by atoms with Crippen molar-refractivity contribution in [3.63, 3.8) is 0 Å². The van der Waals surface area contributed by atoms with Gasteiger partial charge in [0.15, 0.2) is 5.78 Å². The average molecular weight is 239 g/mol. The zero-order chi connectivity index (χ0) is 13.1. The highest BCUT2D eigenvalue weighted by atomic mass is 16.6. The lowest BCUT2D eigenvalue weighted by molar-refractivity contribution is 0.0294. The van der Waals surface area contributed by atoms with Crippen LogP contribution in [0.3, 0.4) is 0 Å². The molecule has 0 aliphatic rings. The molecule has 17 heavy (non-hydrogen) atoms. The maximum atomic E-state index is 11.7. The minimum atomic E-state index is -0.565. The first kappa shape index (κ1) is 13.3. The second-order valence-corrected chi connectivity index (χ2v) is 4.77. The Morgan fingerprint density at radius 2 is 2.06 bits per heavy atom. The Morgan fingerprint density at radius 3 is 2.53 bits per heavy atom. The summed E-state index contributed by atoms with van der Waals surface area (Å²) in [6, 6.07) is 1.56. The Bertz CT molecular complexity index is 389. The Kier molecular flexibility index (Phi) is 3.93. The lowest BCUT2D eigenvalue weighted by Gasteiger charge is -2.24. The molecule has 0 atom stereocenters. The van der Waals surface area contributed by atoms with Crippen LogP contribution in [-0.2, 0) is 4.74 Å². The fourth-order valence-corrected chi connectivity index (χ4v) is 1.13. The van der Waals surface area contributed by atoms with Gasteiger partial charge in [-0.25, -0.2) is 4.79 Å². The number of rotatable bonds is 3. The lowest BCUT2D eigenvalue weighted by atomic mass is 10.2. The molecule has 0 fully saturated rings. The number of hydrogen-bond acceptors (Lipinski definition) is 4. The molecule has 0 aliphatic heterocycles. The molecule has 94 valence electrons. The number of likely N-dealkylation sites (N-methyl/N-ethyl adjacent to an activating group) is 1. The third-order valence-electron chi connectivity index (χ3n) is 1.93. The van der Waals surface area contributed by atoms with Gasteiger partial charge in [0.25, 0.3) is 0 Å². The summed E-state index contributed by atoms with van der Waals surface area (Å²) in [5.74, 6) is -0.188. The molecule has 0 N–H and O–H groups in total. The first-order valence-corrected chi connectivity index (χ1v) is 5.29. The predicted molar refractivity (Wildman–Crippen MR) is 61.9 cm³/mol. The third kappa shape index (κ3) is 4.30. The fourth-order valence-electron chi connectivity index (χ4n) is 1.13. The van der Waals surface area contributed by atoms with Gasteiger partial charge in [-0.1, -0.05) is 0 Å². The van der Waals surface area contributed by atoms with Gasteiger partial charge in [-0.05, 0) is 26.8 Å². The zero-order valence-corrected chi connectivity index (χ0v) is 10.5. The zero-order valence-electron chi connectivity index (χ0n) is 10.5. The van der Waals surface area contributed by atoms with Crippen LogP contribution in [0.5, 0.6) is 0 Å². The number of furan rings is 1. The maximum Gasteiger partial charge on any atom is 0.410 e. The average Bonchev–Trinajstić information content (AvgIpc) is 2.67. The molecule has 0 spiro atoms. The molecule has 1 aromatic heterocycles. The van der Waals surface area contributed by atoms with E-state index in [-0.39, 0.29) is 12.3 Å². The smallest absolute Gasteiger partial charge is 0.410 e. The van der Waals surface area contributed by atoms with Crippen LogP contribution in [0.4, 0.5) is 4.79 Å². The van der Waals surface area contributed by atoms with Crippen LogP contribution in [0.2, 0.25) is 0 Å². The van der Waals surface area contributed by atoms with Gasteiger partial charge in [-0.15, -0.1) is 0 Å². The molecule has 1 amide bonds. The second kappa shape index (κ2) is 5.03. The summed E-state index contributed by atoms with van der Waals surface area (Å²) in [7, 11) is 1.52. The van der Waals surface area contributed by atoms with E-state index in [1.54, 1.807) is 26.8 Å². The number of ketones is 1. The number of Topliss-reactive ketones (excluding diaryl/α,β-unsaturated/α-hetero) is 1. The van der Waals surface area contributed by atoms with Crippen molar-refractivity contribution in [1.29, 1.82) is 0 Å². The SMILES string of the molecule is CN(CC(=O)c1ccoc1)C(=O)OC(C)(C)C. The number of amides is 1. The van der Waals surface area contributed by atoms with Gasteiger partial charge < -0.3 is 14.1 Å². The van der Waals surface area contributed by atoms with Crippen LogP contribution in [0.1, 0.15) is 31.1 Å². The van der Waals surface area contributed by atoms with Gasteiger partial charge in [0.05, 0.1) is 18.4 Å². The normalized spacial score (nSPS) is 11.1. The van der Waals surface area contributed by atoms with Gasteiger partial charge in [0.2, 0.25) is 0 Å². The molecule has 0 radical (unpaired) electrons. The van der Waals surface area contributed by atoms with E-state index < -0.39 is 11.7 Å². The Hall–Kier alpha value is -1.78. The van der Waals surface area contributed by atoms with Gasteiger partial charge in [-0.2, -0.15) is 0 Å². The molecule has 0 bridgehead atoms. The highest BCUT2D eigenvalue weighted by Crippen LogP contribution is 2.10. The molecule has 1 rings (SSSR count). The van der Waals surface area contributed by atoms with E-state index in [0.717, 1.165) is 0 Å². The van der Waals surface area contributed by atoms with Gasteiger partial charge >= 0.3 is 6.09 Å². The molecular weight excluding hydrogens is 222 g/mol. The number of carbonyl (C=O) groups excluding carboxylic acids is 2. The molecule has 0 aromatic carbocycles. The quantitative estimate of drug-likeness (QED) is 0.759. The van der Waals surface area contributed by atoms with Crippen molar-refractivity contribution in [3.8, 4) is 0 Å². The van der Waals surface area contributed by atoms with E-state index in [4.69, 9.17) is 9.15 Å². The molecule has 1 aromatic rings. The van der Waals surface area contributed by atoms with Crippen molar-refractivity contribution in [2.75, 3.05) is 13.6 Å². The fraction of sp³-hybridized carbons (Fsp3) is 0.500. The number of carbonyl (C=O) groups is 2. The van der Waals surface area contributed by atoms with E-state index in [9.17, 15) is 9.59 Å². The van der Waals surface area contributed by atoms with E-state index in [1.807, 2.05) is 0 Å². The molecule has 0 aliphatic carbocycles. The van der Waals surface area contributed by atoms with Crippen molar-refractivity contribution in [2.45, 2.75) is 26.4 Å². The topological polar surface area (TPSA) is 59.8 Å². The first-order chi connectivity index (χ1) is 7.79. The van der Waals surface area contributed by atoms with Crippen LogP contribution in [-0.4, -0.2) is 36.0 Å². The maximum absolute atomic E-state index is 11.7. The molecule has 1 heterocycles. The second-order valence-electron chi connectivity index (χ2n) is 4.77. The first-order valence-electron chi connectivity index (χ1n) is 5.29. The monoisotopic (exact) mass is 239 g/mol. The Morgan fingerprint density at radius 1 is 1.41 bits per heavy atom. The van der Waals surface area contributed by atoms with E-state index in [1.165, 1.54) is 24.5 Å². The van der Waals surface area contributed by atoms with E-state index in [2.05, 4.69) is 0 Å². The molecule has 5 heteroatoms. The Balaban J connectivity index is 2.52. The summed E-state index contributed by atoms with van der Waals surface area (Å²) in [6.07, 6.45) is 2.25. The standard InChI is InChI=1S/C12H17NO4/c1-12(2,3)17-11(15)13(4)7-10(14)9-5-6-16-8-9/h5-6,8H,7H2,1-4H3. The molecule has 0 unspecified atom stereocenters. The molecule has 0 saturated carbocycles. The van der Waals surface area contributed by atoms with Gasteiger partial charge in [-0.3, -0.25) is 4.79 Å². The summed E-state index contributed by atoms with van der Waals surface area (Å²) in [4.78, 5) is 24.5. The van der Waals surface area contributed by atoms with Gasteiger partial charge in [0, 0.05) is 7.05 Å². The summed E-state index contributed by atoms with van der Waals surface area (Å²) < 4.78 is 9.93. The van der Waals surface area contributed by atoms with Crippen LogP contribution >= 0.6 is 0 Å². The molecular formula is C12H17NO4. The van der Waals surface area contributed by atoms with Crippen LogP contribution in [0.25, 0.3) is 0 Å². The van der Waals surface area contributed by atoms with Crippen LogP contribution in [0, 0.1) is 0 Å². The van der Waals surface area contributed by atoms with Crippen molar-refractivity contribution < 1.29 is 18.7 Å². The highest BCUT2D eigenvalue weighted by Gasteiger charge is 2.21. The summed E-state index contributed by atoms with van der Waals surface area (Å²) in [5, 5.41) is 0. The summed E-state index contributed by atoms with van der Waals surface area (Å²) in [5.41, 5.74) is -0.121. The number of hydrogen-bond donors (Lipinski definition) is 0. The van der Waals surface area contributed by atoms with Gasteiger partial charge in [0.1, 0.15) is 11.9 Å². The minimum absolute atomic E-state index is 0.0333. The lowest BCUT2D eigenvalue weighted by Crippen LogP contribution is -2.37.